The number of nitrogens with zero attached hydrogens (tertiary/aromatic N) is 2. The van der Waals surface area contributed by atoms with E-state index in [4.69, 9.17) is 14.9 Å². The Morgan fingerprint density at radius 2 is 2.07 bits per heavy atom. The smallest absolute Gasteiger partial charge is 0.137 e. The quantitative estimate of drug-likeness (QED) is 0.632. The lowest BCUT2D eigenvalue weighted by molar-refractivity contribution is 0.0256. The van der Waals surface area contributed by atoms with Crippen LogP contribution in [0.3, 0.4) is 0 Å². The van der Waals surface area contributed by atoms with Gasteiger partial charge in [-0.05, 0) is 29.3 Å². The van der Waals surface area contributed by atoms with Gasteiger partial charge in [-0.25, -0.2) is 4.98 Å². The fourth-order valence-electron chi connectivity index (χ4n) is 3.53. The predicted octanol–water partition coefficient (Wildman–Crippen LogP) is 4.22. The van der Waals surface area contributed by atoms with Crippen molar-refractivity contribution in [3.05, 3.63) is 48.3 Å². The maximum Gasteiger partial charge on any atom is 0.137 e. The number of pyridine rings is 1. The molecule has 6 heteroatoms. The van der Waals surface area contributed by atoms with Crippen LogP contribution >= 0.6 is 0 Å². The number of hydrogen-bond acceptors (Lipinski definition) is 5. The lowest BCUT2D eigenvalue weighted by atomic mass is 10.00. The van der Waals surface area contributed by atoms with E-state index in [9.17, 15) is 0 Å². The zero-order chi connectivity index (χ0) is 19.3. The number of rotatable bonds is 6. The van der Waals surface area contributed by atoms with Gasteiger partial charge in [0.1, 0.15) is 17.5 Å². The Morgan fingerprint density at radius 3 is 2.79 bits per heavy atom. The molecule has 0 radical (unpaired) electrons. The molecule has 0 amide bonds. The molecule has 1 unspecified atom stereocenters. The molecule has 1 atom stereocenters. The van der Waals surface area contributed by atoms with E-state index in [-0.39, 0.29) is 12.0 Å². The Hall–Kier alpha value is -2.99. The Balaban J connectivity index is 1.60. The molecule has 3 heterocycles. The Kier molecular flexibility index (Phi) is 5.48. The molecular formula is C22H24N4O2. The maximum atomic E-state index is 7.65. The van der Waals surface area contributed by atoms with Crippen LogP contribution in [0.15, 0.2) is 47.7 Å². The summed E-state index contributed by atoms with van der Waals surface area (Å²) in [6.45, 7) is 1.54. The van der Waals surface area contributed by atoms with E-state index in [1.807, 2.05) is 18.3 Å². The summed E-state index contributed by atoms with van der Waals surface area (Å²) in [5.74, 6) is 0.720. The molecule has 0 saturated carbocycles. The van der Waals surface area contributed by atoms with Crippen LogP contribution in [0.4, 0.5) is 0 Å². The first kappa shape index (κ1) is 18.4. The maximum absolute atomic E-state index is 7.65. The van der Waals surface area contributed by atoms with Crippen molar-refractivity contribution < 1.29 is 9.47 Å². The molecule has 1 aliphatic heterocycles. The standard InChI is InChI=1S/C22H24N4O2/c1-24-12-17(11-23)16-10-20-21(14-26-22(20)25-13-16)15-2-4-18(5-3-15)28-19-6-8-27-9-7-19/h2-5,10-14,17,19,23H,6-9H2,1H3,(H,25,26). The molecule has 1 saturated heterocycles. The van der Waals surface area contributed by atoms with Crippen LogP contribution in [0, 0.1) is 5.41 Å². The van der Waals surface area contributed by atoms with Gasteiger partial charge < -0.3 is 19.9 Å². The van der Waals surface area contributed by atoms with Gasteiger partial charge in [0.05, 0.1) is 19.1 Å². The molecular weight excluding hydrogens is 352 g/mol. The minimum atomic E-state index is -0.167. The van der Waals surface area contributed by atoms with Gasteiger partial charge in [-0.1, -0.05) is 12.1 Å². The second kappa shape index (κ2) is 8.35. The molecule has 4 rings (SSSR count). The molecule has 0 aliphatic carbocycles. The van der Waals surface area contributed by atoms with Crippen LogP contribution in [0.1, 0.15) is 24.3 Å². The number of nitrogens with one attached hydrogen (secondary N) is 2. The Labute approximate surface area is 164 Å². The molecule has 144 valence electrons. The van der Waals surface area contributed by atoms with Crippen molar-refractivity contribution in [2.24, 2.45) is 4.99 Å². The van der Waals surface area contributed by atoms with Crippen LogP contribution < -0.4 is 4.74 Å². The summed E-state index contributed by atoms with van der Waals surface area (Å²) in [4.78, 5) is 11.8. The van der Waals surface area contributed by atoms with E-state index in [1.165, 1.54) is 6.21 Å². The van der Waals surface area contributed by atoms with E-state index in [2.05, 4.69) is 33.2 Å². The summed E-state index contributed by atoms with van der Waals surface area (Å²) in [7, 11) is 1.72. The highest BCUT2D eigenvalue weighted by atomic mass is 16.5. The number of benzene rings is 1. The summed E-state index contributed by atoms with van der Waals surface area (Å²) >= 11 is 0. The van der Waals surface area contributed by atoms with Crippen molar-refractivity contribution in [2.45, 2.75) is 24.9 Å². The molecule has 1 aromatic carbocycles. The zero-order valence-corrected chi connectivity index (χ0v) is 15.9. The fraction of sp³-hybridized carbons (Fsp3) is 0.318. The second-order valence-electron chi connectivity index (χ2n) is 6.92. The van der Waals surface area contributed by atoms with Crippen molar-refractivity contribution in [1.82, 2.24) is 9.97 Å². The molecule has 2 N–H and O–H groups in total. The molecule has 3 aromatic rings. The minimum Gasteiger partial charge on any atom is -0.490 e. The number of fused-ring (bicyclic) bond motifs is 1. The van der Waals surface area contributed by atoms with Crippen LogP contribution in [-0.2, 0) is 4.74 Å². The Bertz CT molecular complexity index is 972. The first-order valence-electron chi connectivity index (χ1n) is 9.53. The number of hydrogen-bond donors (Lipinski definition) is 2. The number of aromatic nitrogens is 2. The largest absolute Gasteiger partial charge is 0.490 e. The average molecular weight is 376 g/mol. The van der Waals surface area contributed by atoms with Gasteiger partial charge in [0.15, 0.2) is 0 Å². The van der Waals surface area contributed by atoms with Crippen molar-refractivity contribution in [3.63, 3.8) is 0 Å². The molecule has 6 nitrogen and oxygen atoms in total. The number of ether oxygens (including phenoxy) is 2. The van der Waals surface area contributed by atoms with E-state index in [0.29, 0.717) is 0 Å². The third-order valence-corrected chi connectivity index (χ3v) is 5.06. The van der Waals surface area contributed by atoms with Crippen molar-refractivity contribution in [1.29, 1.82) is 5.41 Å². The molecule has 28 heavy (non-hydrogen) atoms. The van der Waals surface area contributed by atoms with E-state index in [0.717, 1.165) is 59.5 Å². The summed E-state index contributed by atoms with van der Waals surface area (Å²) in [5, 5.41) is 8.68. The minimum absolute atomic E-state index is 0.167. The van der Waals surface area contributed by atoms with Gasteiger partial charge in [0.25, 0.3) is 0 Å². The summed E-state index contributed by atoms with van der Waals surface area (Å²) in [6.07, 6.45) is 9.02. The normalized spacial score (nSPS) is 16.5. The van der Waals surface area contributed by atoms with E-state index in [1.54, 1.807) is 19.5 Å². The van der Waals surface area contributed by atoms with Gasteiger partial charge in [0, 0.05) is 55.7 Å². The van der Waals surface area contributed by atoms with Gasteiger partial charge in [-0.2, -0.15) is 0 Å². The highest BCUT2D eigenvalue weighted by Gasteiger charge is 2.16. The van der Waals surface area contributed by atoms with Gasteiger partial charge in [-0.3, -0.25) is 4.99 Å². The first-order chi connectivity index (χ1) is 13.8. The van der Waals surface area contributed by atoms with Crippen molar-refractivity contribution in [3.8, 4) is 16.9 Å². The van der Waals surface area contributed by atoms with Crippen LogP contribution in [0.25, 0.3) is 22.2 Å². The molecule has 0 bridgehead atoms. The first-order valence-corrected chi connectivity index (χ1v) is 9.53. The van der Waals surface area contributed by atoms with Crippen molar-refractivity contribution >= 4 is 23.5 Å². The van der Waals surface area contributed by atoms with Crippen LogP contribution in [-0.4, -0.2) is 48.8 Å². The fourth-order valence-corrected chi connectivity index (χ4v) is 3.53. The predicted molar refractivity (Wildman–Crippen MR) is 112 cm³/mol. The van der Waals surface area contributed by atoms with Gasteiger partial charge in [0.2, 0.25) is 0 Å². The Morgan fingerprint density at radius 1 is 1.29 bits per heavy atom. The number of H-pyrrole nitrogens is 1. The molecule has 0 spiro atoms. The lowest BCUT2D eigenvalue weighted by Gasteiger charge is -2.23. The summed E-state index contributed by atoms with van der Waals surface area (Å²) in [6, 6.07) is 10.3. The van der Waals surface area contributed by atoms with Gasteiger partial charge in [-0.15, -0.1) is 0 Å². The van der Waals surface area contributed by atoms with E-state index >= 15 is 0 Å². The van der Waals surface area contributed by atoms with Gasteiger partial charge >= 0.3 is 0 Å². The summed E-state index contributed by atoms with van der Waals surface area (Å²) in [5.41, 5.74) is 3.96. The SMILES string of the molecule is CN=CC(C=N)c1cnc2[nH]cc(-c3ccc(OC4CCOCC4)cc3)c2c1. The zero-order valence-electron chi connectivity index (χ0n) is 15.9. The molecule has 2 aromatic heterocycles. The van der Waals surface area contributed by atoms with Crippen molar-refractivity contribution in [2.75, 3.05) is 20.3 Å². The monoisotopic (exact) mass is 376 g/mol. The molecule has 1 aliphatic rings. The second-order valence-corrected chi connectivity index (χ2v) is 6.92. The third-order valence-electron chi connectivity index (χ3n) is 5.06. The van der Waals surface area contributed by atoms with E-state index < -0.39 is 0 Å². The van der Waals surface area contributed by atoms with Crippen LogP contribution in [0.5, 0.6) is 5.75 Å². The third kappa shape index (κ3) is 3.82. The average Bonchev–Trinajstić information content (AvgIpc) is 3.16. The molecule has 1 fully saturated rings. The number of aliphatic imine (C=N–C) groups is 1. The van der Waals surface area contributed by atoms with Crippen LogP contribution in [0.2, 0.25) is 0 Å². The topological polar surface area (TPSA) is 83.4 Å². The number of aromatic amines is 1. The lowest BCUT2D eigenvalue weighted by Crippen LogP contribution is -2.25. The highest BCUT2D eigenvalue weighted by Crippen LogP contribution is 2.31. The summed E-state index contributed by atoms with van der Waals surface area (Å²) < 4.78 is 11.5. The highest BCUT2D eigenvalue weighted by molar-refractivity contribution is 5.96.